The first-order chi connectivity index (χ1) is 9.86. The molecular weight excluding hydrogens is 292 g/mol. The summed E-state index contributed by atoms with van der Waals surface area (Å²) in [6.07, 6.45) is 2.70. The highest BCUT2D eigenvalue weighted by atomic mass is 32.2. The van der Waals surface area contributed by atoms with Crippen LogP contribution in [-0.4, -0.2) is 38.0 Å². The van der Waals surface area contributed by atoms with Crippen molar-refractivity contribution in [2.45, 2.75) is 48.9 Å². The molecule has 0 aromatic heterocycles. The molecule has 0 heterocycles. The van der Waals surface area contributed by atoms with Gasteiger partial charge < -0.3 is 9.84 Å². The van der Waals surface area contributed by atoms with Crippen LogP contribution < -0.4 is 0 Å². The first kappa shape index (κ1) is 16.0. The second kappa shape index (κ2) is 6.15. The van der Waals surface area contributed by atoms with E-state index in [-0.39, 0.29) is 16.6 Å². The van der Waals surface area contributed by atoms with Crippen LogP contribution in [0.15, 0.2) is 23.1 Å². The Bertz CT molecular complexity index is 635. The van der Waals surface area contributed by atoms with Crippen LogP contribution >= 0.6 is 0 Å². The van der Waals surface area contributed by atoms with Crippen LogP contribution in [0, 0.1) is 6.92 Å². The van der Waals surface area contributed by atoms with E-state index in [2.05, 4.69) is 0 Å². The van der Waals surface area contributed by atoms with Crippen LogP contribution in [0.25, 0.3) is 0 Å². The maximum atomic E-state index is 12.7. The van der Waals surface area contributed by atoms with Crippen molar-refractivity contribution < 1.29 is 23.1 Å². The SMILES string of the molecule is COC1CCCC(S(=O)(=O)c2ccc(C)c(C(=O)O)c2)C1. The van der Waals surface area contributed by atoms with E-state index in [9.17, 15) is 13.2 Å². The number of carboxylic acid groups (broad SMARTS) is 1. The number of hydrogen-bond donors (Lipinski definition) is 1. The van der Waals surface area contributed by atoms with Crippen LogP contribution in [0.3, 0.4) is 0 Å². The highest BCUT2D eigenvalue weighted by Gasteiger charge is 2.33. The van der Waals surface area contributed by atoms with E-state index < -0.39 is 21.1 Å². The van der Waals surface area contributed by atoms with E-state index in [1.165, 1.54) is 12.1 Å². The first-order valence-corrected chi connectivity index (χ1v) is 8.51. The van der Waals surface area contributed by atoms with Gasteiger partial charge in [0.15, 0.2) is 9.84 Å². The summed E-state index contributed by atoms with van der Waals surface area (Å²) in [6, 6.07) is 4.31. The van der Waals surface area contributed by atoms with Crippen molar-refractivity contribution in [2.75, 3.05) is 7.11 Å². The quantitative estimate of drug-likeness (QED) is 0.923. The molecule has 1 saturated carbocycles. The zero-order chi connectivity index (χ0) is 15.6. The molecule has 1 aromatic carbocycles. The molecule has 1 aliphatic carbocycles. The van der Waals surface area contributed by atoms with Gasteiger partial charge in [0, 0.05) is 7.11 Å². The van der Waals surface area contributed by atoms with E-state index in [0.717, 1.165) is 12.8 Å². The van der Waals surface area contributed by atoms with Crippen molar-refractivity contribution in [1.29, 1.82) is 0 Å². The van der Waals surface area contributed by atoms with Crippen LogP contribution in [0.1, 0.15) is 41.6 Å². The molecule has 0 saturated heterocycles. The average Bonchev–Trinajstić information content (AvgIpc) is 2.47. The molecule has 21 heavy (non-hydrogen) atoms. The second-order valence-corrected chi connectivity index (χ2v) is 7.70. The molecule has 116 valence electrons. The lowest BCUT2D eigenvalue weighted by atomic mass is 9.97. The standard InChI is InChI=1S/C15H20O5S/c1-10-6-7-13(9-14(10)15(16)17)21(18,19)12-5-3-4-11(8-12)20-2/h6-7,9,11-12H,3-5,8H2,1-2H3,(H,16,17). The Balaban J connectivity index is 2.35. The predicted molar refractivity (Wildman–Crippen MR) is 78.4 cm³/mol. The normalized spacial score (nSPS) is 23.0. The molecule has 0 radical (unpaired) electrons. The first-order valence-electron chi connectivity index (χ1n) is 6.97. The molecule has 0 bridgehead atoms. The smallest absolute Gasteiger partial charge is 0.335 e. The number of carbonyl (C=O) groups is 1. The summed E-state index contributed by atoms with van der Waals surface area (Å²) >= 11 is 0. The van der Waals surface area contributed by atoms with Crippen LogP contribution in [0.4, 0.5) is 0 Å². The van der Waals surface area contributed by atoms with Crippen LogP contribution in [0.5, 0.6) is 0 Å². The van der Waals surface area contributed by atoms with Gasteiger partial charge in [-0.05, 0) is 50.3 Å². The van der Waals surface area contributed by atoms with E-state index in [1.807, 2.05) is 0 Å². The largest absolute Gasteiger partial charge is 0.478 e. The van der Waals surface area contributed by atoms with Crippen molar-refractivity contribution in [3.05, 3.63) is 29.3 Å². The minimum absolute atomic E-state index is 0.0372. The molecule has 1 aliphatic rings. The molecule has 0 aliphatic heterocycles. The number of carboxylic acids is 1. The van der Waals surface area contributed by atoms with Crippen molar-refractivity contribution >= 4 is 15.8 Å². The van der Waals surface area contributed by atoms with Gasteiger partial charge in [-0.1, -0.05) is 6.07 Å². The summed E-state index contributed by atoms with van der Waals surface area (Å²) in [7, 11) is -1.93. The van der Waals surface area contributed by atoms with Gasteiger partial charge in [-0.25, -0.2) is 13.2 Å². The fourth-order valence-electron chi connectivity index (χ4n) is 2.80. The Kier molecular flexibility index (Phi) is 4.68. The maximum absolute atomic E-state index is 12.7. The summed E-state index contributed by atoms with van der Waals surface area (Å²) in [4.78, 5) is 11.3. The lowest BCUT2D eigenvalue weighted by molar-refractivity contribution is 0.0695. The number of hydrogen-bond acceptors (Lipinski definition) is 4. The zero-order valence-electron chi connectivity index (χ0n) is 12.2. The summed E-state index contributed by atoms with van der Waals surface area (Å²) in [5, 5.41) is 8.63. The van der Waals surface area contributed by atoms with E-state index in [0.29, 0.717) is 18.4 Å². The molecule has 2 atom stereocenters. The van der Waals surface area contributed by atoms with E-state index in [4.69, 9.17) is 9.84 Å². The summed E-state index contributed by atoms with van der Waals surface area (Å²) in [6.45, 7) is 1.65. The van der Waals surface area contributed by atoms with Gasteiger partial charge in [0.1, 0.15) is 0 Å². The highest BCUT2D eigenvalue weighted by molar-refractivity contribution is 7.92. The Morgan fingerprint density at radius 1 is 1.33 bits per heavy atom. The molecule has 5 nitrogen and oxygen atoms in total. The van der Waals surface area contributed by atoms with Gasteiger partial charge >= 0.3 is 5.97 Å². The minimum atomic E-state index is -3.52. The fraction of sp³-hybridized carbons (Fsp3) is 0.533. The number of methoxy groups -OCH3 is 1. The van der Waals surface area contributed by atoms with Gasteiger partial charge in [0.2, 0.25) is 0 Å². The zero-order valence-corrected chi connectivity index (χ0v) is 13.0. The van der Waals surface area contributed by atoms with Gasteiger partial charge in [-0.2, -0.15) is 0 Å². The number of aryl methyl sites for hydroxylation is 1. The molecule has 2 unspecified atom stereocenters. The van der Waals surface area contributed by atoms with Crippen molar-refractivity contribution in [3.8, 4) is 0 Å². The highest BCUT2D eigenvalue weighted by Crippen LogP contribution is 2.30. The van der Waals surface area contributed by atoms with E-state index >= 15 is 0 Å². The Hall–Kier alpha value is -1.40. The summed E-state index contributed by atoms with van der Waals surface area (Å²) in [5.41, 5.74) is 0.593. The van der Waals surface area contributed by atoms with Crippen molar-refractivity contribution in [2.24, 2.45) is 0 Å². The fourth-order valence-corrected chi connectivity index (χ4v) is 4.67. The predicted octanol–water partition coefficient (Wildman–Crippen LogP) is 2.42. The molecule has 1 N–H and O–H groups in total. The maximum Gasteiger partial charge on any atom is 0.335 e. The summed E-state index contributed by atoms with van der Waals surface area (Å²) in [5.74, 6) is -1.11. The third-order valence-corrected chi connectivity index (χ3v) is 6.33. The Morgan fingerprint density at radius 3 is 2.67 bits per heavy atom. The van der Waals surface area contributed by atoms with Gasteiger partial charge in [-0.15, -0.1) is 0 Å². The van der Waals surface area contributed by atoms with Crippen LogP contribution in [-0.2, 0) is 14.6 Å². The van der Waals surface area contributed by atoms with Crippen LogP contribution in [0.2, 0.25) is 0 Å². The Morgan fingerprint density at radius 2 is 2.05 bits per heavy atom. The minimum Gasteiger partial charge on any atom is -0.478 e. The van der Waals surface area contributed by atoms with Gasteiger partial charge in [-0.3, -0.25) is 0 Å². The number of ether oxygens (including phenoxy) is 1. The van der Waals surface area contributed by atoms with Crippen molar-refractivity contribution in [1.82, 2.24) is 0 Å². The monoisotopic (exact) mass is 312 g/mol. The third-order valence-electron chi connectivity index (χ3n) is 4.12. The third kappa shape index (κ3) is 3.27. The molecule has 0 spiro atoms. The van der Waals surface area contributed by atoms with Gasteiger partial charge in [0.25, 0.3) is 0 Å². The topological polar surface area (TPSA) is 80.7 Å². The molecular formula is C15H20O5S. The van der Waals surface area contributed by atoms with Crippen molar-refractivity contribution in [3.63, 3.8) is 0 Å². The molecule has 6 heteroatoms. The Labute approximate surface area is 124 Å². The number of rotatable bonds is 4. The number of aromatic carboxylic acids is 1. The van der Waals surface area contributed by atoms with E-state index in [1.54, 1.807) is 20.1 Å². The second-order valence-electron chi connectivity index (χ2n) is 5.47. The number of sulfone groups is 1. The molecule has 1 fully saturated rings. The lowest BCUT2D eigenvalue weighted by Gasteiger charge is -2.28. The van der Waals surface area contributed by atoms with Gasteiger partial charge in [0.05, 0.1) is 21.8 Å². The summed E-state index contributed by atoms with van der Waals surface area (Å²) < 4.78 is 30.6. The molecule has 0 amide bonds. The number of benzene rings is 1. The average molecular weight is 312 g/mol. The molecule has 1 aromatic rings. The lowest BCUT2D eigenvalue weighted by Crippen LogP contribution is -2.31. The molecule has 2 rings (SSSR count).